The van der Waals surface area contributed by atoms with Gasteiger partial charge in [-0.05, 0) is 36.8 Å². The van der Waals surface area contributed by atoms with Crippen LogP contribution in [-0.2, 0) is 20.8 Å². The predicted molar refractivity (Wildman–Crippen MR) is 115 cm³/mol. The van der Waals surface area contributed by atoms with Gasteiger partial charge < -0.3 is 15.5 Å². The van der Waals surface area contributed by atoms with E-state index in [-0.39, 0.29) is 36.2 Å². The van der Waals surface area contributed by atoms with Gasteiger partial charge in [0, 0.05) is 18.5 Å². The van der Waals surface area contributed by atoms with Gasteiger partial charge in [-0.2, -0.15) is 0 Å². The maximum Gasteiger partial charge on any atom is 0.243 e. The Labute approximate surface area is 174 Å². The first-order valence-electron chi connectivity index (χ1n) is 10.4. The third kappa shape index (κ3) is 4.96. The summed E-state index contributed by atoms with van der Waals surface area (Å²) in [6.07, 6.45) is 2.93. The fourth-order valence-corrected chi connectivity index (χ4v) is 4.64. The van der Waals surface area contributed by atoms with E-state index in [9.17, 15) is 14.4 Å². The number of rotatable bonds is 2. The van der Waals surface area contributed by atoms with Gasteiger partial charge in [-0.3, -0.25) is 19.5 Å². The molecule has 3 aliphatic rings. The lowest BCUT2D eigenvalue weighted by atomic mass is 9.91. The Morgan fingerprint density at radius 2 is 1.93 bits per heavy atom. The molecule has 1 aromatic carbocycles. The highest BCUT2D eigenvalue weighted by molar-refractivity contribution is 7.13. The van der Waals surface area contributed by atoms with Crippen molar-refractivity contribution in [3.05, 3.63) is 35.4 Å². The van der Waals surface area contributed by atoms with E-state index in [1.54, 1.807) is 4.90 Å². The molecule has 2 unspecified atom stereocenters. The van der Waals surface area contributed by atoms with E-state index in [1.807, 2.05) is 13.8 Å². The van der Waals surface area contributed by atoms with Gasteiger partial charge in [-0.25, -0.2) is 0 Å². The first kappa shape index (κ1) is 21.7. The Hall–Kier alpha value is -1.98. The van der Waals surface area contributed by atoms with Crippen molar-refractivity contribution >= 4 is 27.1 Å². The highest BCUT2D eigenvalue weighted by Gasteiger charge is 2.38. The van der Waals surface area contributed by atoms with Crippen molar-refractivity contribution in [3.8, 4) is 0 Å². The Bertz CT molecular complexity index is 755. The predicted octanol–water partition coefficient (Wildman–Crippen LogP) is 1.10. The number of hydrogen-bond acceptors (Lipinski definition) is 4. The molecular formula is C21H31N4O3P. The summed E-state index contributed by atoms with van der Waals surface area (Å²) in [6, 6.07) is 7.28. The van der Waals surface area contributed by atoms with Crippen LogP contribution in [0.25, 0.3) is 0 Å². The van der Waals surface area contributed by atoms with Crippen LogP contribution in [0.1, 0.15) is 50.2 Å². The first-order valence-corrected chi connectivity index (χ1v) is 10.9. The van der Waals surface area contributed by atoms with Gasteiger partial charge in [0.25, 0.3) is 0 Å². The maximum atomic E-state index is 13.3. The minimum Gasteiger partial charge on any atom is -0.352 e. The molecule has 8 heteroatoms. The van der Waals surface area contributed by atoms with Crippen LogP contribution in [0.4, 0.5) is 0 Å². The monoisotopic (exact) mass is 418 g/mol. The van der Waals surface area contributed by atoms with E-state index in [1.165, 1.54) is 0 Å². The summed E-state index contributed by atoms with van der Waals surface area (Å²) in [7, 11) is 2.45. The number of carbonyl (C=O) groups excluding carboxylic acids is 3. The van der Waals surface area contributed by atoms with Crippen LogP contribution in [0.3, 0.4) is 0 Å². The molecule has 158 valence electrons. The van der Waals surface area contributed by atoms with Crippen molar-refractivity contribution in [2.24, 2.45) is 0 Å². The third-order valence-corrected chi connectivity index (χ3v) is 6.41. The molecule has 0 aromatic heterocycles. The van der Waals surface area contributed by atoms with Gasteiger partial charge >= 0.3 is 0 Å². The Morgan fingerprint density at radius 1 is 1.21 bits per heavy atom. The molecule has 5 atom stereocenters. The van der Waals surface area contributed by atoms with Crippen LogP contribution >= 0.6 is 9.39 Å². The number of fused-ring (bicyclic) bond motifs is 10. The van der Waals surface area contributed by atoms with Gasteiger partial charge in [-0.1, -0.05) is 47.5 Å². The van der Waals surface area contributed by atoms with Crippen molar-refractivity contribution in [3.63, 3.8) is 0 Å². The standard InChI is InChI=1S/C21H31N4O3P/c1-3-16-11-14-6-8-15(9-7-14)13(2)19(24-29)21(28)25-10-4-5-17(25)20(27)22-12-18(26)23-16/h6-9,13,16-17,19,24H,3-5,10-12,29H2,1-2H3,(H,22,27)(H,23,26)/t13-,16+,17?,19-/m0/s1. The van der Waals surface area contributed by atoms with Crippen molar-refractivity contribution in [2.45, 2.75) is 63.6 Å². The largest absolute Gasteiger partial charge is 0.352 e. The number of benzene rings is 1. The minimum absolute atomic E-state index is 0.0154. The van der Waals surface area contributed by atoms with Crippen LogP contribution in [0.2, 0.25) is 0 Å². The summed E-state index contributed by atoms with van der Waals surface area (Å²) in [5, 5.41) is 8.79. The summed E-state index contributed by atoms with van der Waals surface area (Å²) in [5.41, 5.74) is 2.19. The second-order valence-electron chi connectivity index (χ2n) is 7.96. The van der Waals surface area contributed by atoms with E-state index >= 15 is 0 Å². The molecule has 3 amide bonds. The zero-order valence-corrected chi connectivity index (χ0v) is 18.3. The smallest absolute Gasteiger partial charge is 0.243 e. The van der Waals surface area contributed by atoms with Crippen molar-refractivity contribution in [1.82, 2.24) is 20.6 Å². The fourth-order valence-electron chi connectivity index (χ4n) is 4.21. The van der Waals surface area contributed by atoms with Gasteiger partial charge in [0.2, 0.25) is 17.7 Å². The quantitative estimate of drug-likeness (QED) is 0.628. The number of nitrogens with zero attached hydrogens (tertiary/aromatic N) is 1. The lowest BCUT2D eigenvalue weighted by Gasteiger charge is -2.31. The molecule has 0 radical (unpaired) electrons. The van der Waals surface area contributed by atoms with Crippen molar-refractivity contribution < 1.29 is 14.4 Å². The lowest BCUT2D eigenvalue weighted by molar-refractivity contribution is -0.140. The van der Waals surface area contributed by atoms with Crippen LogP contribution < -0.4 is 15.7 Å². The normalized spacial score (nSPS) is 28.8. The van der Waals surface area contributed by atoms with E-state index in [4.69, 9.17) is 0 Å². The summed E-state index contributed by atoms with van der Waals surface area (Å²) in [6.45, 7) is 4.54. The summed E-state index contributed by atoms with van der Waals surface area (Å²) < 4.78 is 0. The molecule has 29 heavy (non-hydrogen) atoms. The highest BCUT2D eigenvalue weighted by Crippen LogP contribution is 2.26. The third-order valence-electron chi connectivity index (χ3n) is 6.05. The number of nitrogens with one attached hydrogen (secondary N) is 3. The number of carbonyl (C=O) groups is 3. The molecule has 0 saturated carbocycles. The van der Waals surface area contributed by atoms with Crippen LogP contribution in [0.5, 0.6) is 0 Å². The Kier molecular flexibility index (Phi) is 7.25. The molecule has 7 nitrogen and oxygen atoms in total. The Balaban J connectivity index is 1.92. The average Bonchev–Trinajstić information content (AvgIpc) is 3.21. The van der Waals surface area contributed by atoms with Crippen LogP contribution in [0.15, 0.2) is 24.3 Å². The van der Waals surface area contributed by atoms with E-state index in [2.05, 4.69) is 49.4 Å². The first-order chi connectivity index (χ1) is 13.9. The van der Waals surface area contributed by atoms with Gasteiger partial charge in [0.15, 0.2) is 0 Å². The molecule has 1 fully saturated rings. The number of hydrogen-bond donors (Lipinski definition) is 3. The molecule has 1 aromatic rings. The lowest BCUT2D eigenvalue weighted by Crippen LogP contribution is -2.53. The second-order valence-corrected chi connectivity index (χ2v) is 8.29. The molecule has 2 bridgehead atoms. The number of amides is 3. The maximum absolute atomic E-state index is 13.3. The summed E-state index contributed by atoms with van der Waals surface area (Å²) in [4.78, 5) is 39.9. The molecule has 3 N–H and O–H groups in total. The molecule has 3 heterocycles. The molecule has 1 saturated heterocycles. The van der Waals surface area contributed by atoms with E-state index in [0.29, 0.717) is 13.0 Å². The van der Waals surface area contributed by atoms with E-state index < -0.39 is 12.1 Å². The molecule has 4 rings (SSSR count). The van der Waals surface area contributed by atoms with Gasteiger partial charge in [-0.15, -0.1) is 0 Å². The van der Waals surface area contributed by atoms with Gasteiger partial charge in [0.05, 0.1) is 12.6 Å². The highest BCUT2D eigenvalue weighted by atomic mass is 31.0. The molecule has 0 aliphatic carbocycles. The van der Waals surface area contributed by atoms with Gasteiger partial charge in [0.1, 0.15) is 6.04 Å². The zero-order chi connectivity index (χ0) is 21.0. The van der Waals surface area contributed by atoms with Crippen LogP contribution in [-0.4, -0.2) is 53.8 Å². The zero-order valence-electron chi connectivity index (χ0n) is 17.1. The molecule has 0 spiro atoms. The molecule has 3 aliphatic heterocycles. The summed E-state index contributed by atoms with van der Waals surface area (Å²) >= 11 is 0. The average molecular weight is 418 g/mol. The minimum atomic E-state index is -0.527. The SMILES string of the molecule is CC[C@@H]1Cc2ccc(cc2)[C@H](C)[C@H](NP)C(=O)N2CCCC2C(=O)NCC(=O)N1. The van der Waals surface area contributed by atoms with Crippen LogP contribution in [0, 0.1) is 0 Å². The fraction of sp³-hybridized carbons (Fsp3) is 0.571. The summed E-state index contributed by atoms with van der Waals surface area (Å²) in [5.74, 6) is -0.600. The second kappa shape index (κ2) is 9.68. The van der Waals surface area contributed by atoms with E-state index in [0.717, 1.165) is 30.4 Å². The topological polar surface area (TPSA) is 90.5 Å². The van der Waals surface area contributed by atoms with Crippen molar-refractivity contribution in [2.75, 3.05) is 13.1 Å². The Morgan fingerprint density at radius 3 is 2.59 bits per heavy atom. The van der Waals surface area contributed by atoms with Crippen molar-refractivity contribution in [1.29, 1.82) is 0 Å². The molecular weight excluding hydrogens is 387 g/mol.